The zero-order valence-electron chi connectivity index (χ0n) is 15.6. The Morgan fingerprint density at radius 3 is 2.89 bits per heavy atom. The summed E-state index contributed by atoms with van der Waals surface area (Å²) in [5, 5.41) is 16.4. The maximum absolute atomic E-state index is 9.57. The number of fused-ring (bicyclic) bond motifs is 3. The SMILES string of the molecule is OCCC1CCn2c1c(-c1cnn(C3CCCCO3)c1)c1ccc(Cl)c(Cl)c12. The average molecular weight is 420 g/mol. The molecule has 2 unspecified atom stereocenters. The second kappa shape index (κ2) is 7.38. The van der Waals surface area contributed by atoms with Gasteiger partial charge in [-0.2, -0.15) is 5.10 Å². The first-order valence-corrected chi connectivity index (χ1v) is 10.7. The Morgan fingerprint density at radius 1 is 1.21 bits per heavy atom. The quantitative estimate of drug-likeness (QED) is 0.617. The highest BCUT2D eigenvalue weighted by atomic mass is 35.5. The second-order valence-corrected chi connectivity index (χ2v) is 8.48. The number of benzene rings is 1. The van der Waals surface area contributed by atoms with Crippen LogP contribution in [0.1, 0.15) is 49.9 Å². The molecular weight excluding hydrogens is 397 g/mol. The molecule has 1 aromatic carbocycles. The van der Waals surface area contributed by atoms with Gasteiger partial charge in [0.25, 0.3) is 0 Å². The zero-order valence-corrected chi connectivity index (χ0v) is 17.1. The standard InChI is InChI=1S/C21H23Cl2N3O2/c22-16-5-4-15-18(14-11-24-26(12-14)17-3-1-2-10-28-17)20-13(7-9-27)6-8-25(20)21(15)19(16)23/h4-5,11-13,17,27H,1-3,6-10H2. The van der Waals surface area contributed by atoms with Gasteiger partial charge in [0.1, 0.15) is 6.23 Å². The van der Waals surface area contributed by atoms with E-state index < -0.39 is 0 Å². The van der Waals surface area contributed by atoms with Crippen molar-refractivity contribution in [2.45, 2.75) is 50.8 Å². The largest absolute Gasteiger partial charge is 0.396 e. The van der Waals surface area contributed by atoms with Crippen molar-refractivity contribution in [1.29, 1.82) is 0 Å². The minimum atomic E-state index is 0.00991. The van der Waals surface area contributed by atoms with Gasteiger partial charge in [-0.1, -0.05) is 29.3 Å². The summed E-state index contributed by atoms with van der Waals surface area (Å²) in [4.78, 5) is 0. The van der Waals surface area contributed by atoms with Crippen LogP contribution < -0.4 is 0 Å². The highest BCUT2D eigenvalue weighted by molar-refractivity contribution is 6.45. The molecule has 1 fully saturated rings. The van der Waals surface area contributed by atoms with Crippen LogP contribution in [0.4, 0.5) is 0 Å². The normalized spacial score (nSPS) is 22.1. The summed E-state index contributed by atoms with van der Waals surface area (Å²) < 4.78 is 10.1. The second-order valence-electron chi connectivity index (χ2n) is 7.70. The number of nitrogens with zero attached hydrogens (tertiary/aromatic N) is 3. The van der Waals surface area contributed by atoms with Crippen LogP contribution in [0, 0.1) is 0 Å². The number of aliphatic hydroxyl groups excluding tert-OH is 1. The fourth-order valence-electron chi connectivity index (χ4n) is 4.77. The molecule has 148 valence electrons. The molecule has 0 radical (unpaired) electrons. The van der Waals surface area contributed by atoms with E-state index in [2.05, 4.69) is 21.9 Å². The van der Waals surface area contributed by atoms with Crippen molar-refractivity contribution in [1.82, 2.24) is 14.3 Å². The van der Waals surface area contributed by atoms with E-state index in [9.17, 15) is 5.11 Å². The molecule has 7 heteroatoms. The molecule has 2 aliphatic heterocycles. The van der Waals surface area contributed by atoms with E-state index in [1.165, 1.54) is 5.69 Å². The smallest absolute Gasteiger partial charge is 0.150 e. The summed E-state index contributed by atoms with van der Waals surface area (Å²) in [6.45, 7) is 1.85. The van der Waals surface area contributed by atoms with Crippen molar-refractivity contribution >= 4 is 34.1 Å². The molecule has 0 saturated carbocycles. The first-order chi connectivity index (χ1) is 13.7. The summed E-state index contributed by atoms with van der Waals surface area (Å²) >= 11 is 12.9. The molecule has 1 N–H and O–H groups in total. The van der Waals surface area contributed by atoms with Gasteiger partial charge in [-0.05, 0) is 38.2 Å². The molecular formula is C21H23Cl2N3O2. The lowest BCUT2D eigenvalue weighted by atomic mass is 9.94. The third kappa shape index (κ3) is 2.88. The van der Waals surface area contributed by atoms with Crippen LogP contribution in [-0.4, -0.2) is 32.7 Å². The summed E-state index contributed by atoms with van der Waals surface area (Å²) in [6, 6.07) is 3.91. The number of aliphatic hydroxyl groups is 1. The molecule has 0 aliphatic carbocycles. The van der Waals surface area contributed by atoms with E-state index in [1.807, 2.05) is 16.9 Å². The molecule has 2 atom stereocenters. The molecule has 0 spiro atoms. The van der Waals surface area contributed by atoms with Gasteiger partial charge < -0.3 is 14.4 Å². The topological polar surface area (TPSA) is 52.2 Å². The molecule has 1 saturated heterocycles. The predicted octanol–water partition coefficient (Wildman–Crippen LogP) is 5.38. The van der Waals surface area contributed by atoms with Crippen LogP contribution in [-0.2, 0) is 11.3 Å². The Hall–Kier alpha value is -1.53. The highest BCUT2D eigenvalue weighted by Crippen LogP contribution is 2.47. The van der Waals surface area contributed by atoms with Crippen LogP contribution in [0.25, 0.3) is 22.0 Å². The molecule has 0 bridgehead atoms. The van der Waals surface area contributed by atoms with Crippen LogP contribution in [0.2, 0.25) is 10.0 Å². The summed E-state index contributed by atoms with van der Waals surface area (Å²) in [6.07, 6.45) is 9.03. The Bertz CT molecular complexity index is 1020. The van der Waals surface area contributed by atoms with Gasteiger partial charge >= 0.3 is 0 Å². The molecule has 0 amide bonds. The van der Waals surface area contributed by atoms with Gasteiger partial charge in [-0.3, -0.25) is 0 Å². The van der Waals surface area contributed by atoms with Gasteiger partial charge in [0.2, 0.25) is 0 Å². The molecule has 4 heterocycles. The molecule has 5 nitrogen and oxygen atoms in total. The van der Waals surface area contributed by atoms with E-state index in [1.54, 1.807) is 0 Å². The zero-order chi connectivity index (χ0) is 19.3. The van der Waals surface area contributed by atoms with Crippen molar-refractivity contribution in [3.05, 3.63) is 40.3 Å². The highest BCUT2D eigenvalue weighted by Gasteiger charge is 2.32. The van der Waals surface area contributed by atoms with Gasteiger partial charge in [-0.25, -0.2) is 4.68 Å². The molecule has 5 rings (SSSR count). The molecule has 2 aromatic heterocycles. The van der Waals surface area contributed by atoms with Gasteiger partial charge in [0, 0.05) is 54.1 Å². The lowest BCUT2D eigenvalue weighted by Crippen LogP contribution is -2.18. The molecule has 28 heavy (non-hydrogen) atoms. The number of rotatable bonds is 4. The Labute approximate surface area is 173 Å². The van der Waals surface area contributed by atoms with Crippen LogP contribution in [0.3, 0.4) is 0 Å². The third-order valence-electron chi connectivity index (χ3n) is 6.06. The number of ether oxygens (including phenoxy) is 1. The van der Waals surface area contributed by atoms with E-state index in [0.29, 0.717) is 16.0 Å². The predicted molar refractivity (Wildman–Crippen MR) is 111 cm³/mol. The Balaban J connectivity index is 1.68. The first-order valence-electron chi connectivity index (χ1n) is 9.96. The Kier molecular flexibility index (Phi) is 4.87. The lowest BCUT2D eigenvalue weighted by Gasteiger charge is -2.22. The minimum Gasteiger partial charge on any atom is -0.396 e. The Morgan fingerprint density at radius 2 is 2.11 bits per heavy atom. The number of halogens is 2. The number of aromatic nitrogens is 3. The van der Waals surface area contributed by atoms with E-state index in [-0.39, 0.29) is 12.8 Å². The molecule has 2 aliphatic rings. The van der Waals surface area contributed by atoms with Crippen molar-refractivity contribution in [3.8, 4) is 11.1 Å². The van der Waals surface area contributed by atoms with Crippen molar-refractivity contribution < 1.29 is 9.84 Å². The number of hydrogen-bond acceptors (Lipinski definition) is 3. The number of aryl methyl sites for hydroxylation is 1. The first kappa shape index (κ1) is 18.5. The van der Waals surface area contributed by atoms with Crippen LogP contribution >= 0.6 is 23.2 Å². The minimum absolute atomic E-state index is 0.00991. The monoisotopic (exact) mass is 419 g/mol. The fourth-order valence-corrected chi connectivity index (χ4v) is 5.19. The van der Waals surface area contributed by atoms with Gasteiger partial charge in [-0.15, -0.1) is 0 Å². The van der Waals surface area contributed by atoms with E-state index in [0.717, 1.165) is 67.3 Å². The summed E-state index contributed by atoms with van der Waals surface area (Å²) in [5.74, 6) is 0.302. The lowest BCUT2D eigenvalue weighted by molar-refractivity contribution is -0.0394. The maximum Gasteiger partial charge on any atom is 0.150 e. The van der Waals surface area contributed by atoms with Gasteiger partial charge in [0.05, 0.1) is 21.8 Å². The van der Waals surface area contributed by atoms with Crippen molar-refractivity contribution in [2.75, 3.05) is 13.2 Å². The molecule has 3 aromatic rings. The van der Waals surface area contributed by atoms with Crippen molar-refractivity contribution in [3.63, 3.8) is 0 Å². The van der Waals surface area contributed by atoms with Crippen LogP contribution in [0.5, 0.6) is 0 Å². The van der Waals surface area contributed by atoms with E-state index in [4.69, 9.17) is 27.9 Å². The van der Waals surface area contributed by atoms with E-state index >= 15 is 0 Å². The van der Waals surface area contributed by atoms with Crippen LogP contribution in [0.15, 0.2) is 24.5 Å². The maximum atomic E-state index is 9.57. The third-order valence-corrected chi connectivity index (χ3v) is 6.86. The van der Waals surface area contributed by atoms with Crippen molar-refractivity contribution in [2.24, 2.45) is 0 Å². The van der Waals surface area contributed by atoms with Gasteiger partial charge in [0.15, 0.2) is 0 Å². The summed E-state index contributed by atoms with van der Waals surface area (Å²) in [7, 11) is 0. The fraction of sp³-hybridized carbons (Fsp3) is 0.476. The summed E-state index contributed by atoms with van der Waals surface area (Å²) in [5.41, 5.74) is 4.45. The number of hydrogen-bond donors (Lipinski definition) is 1. The average Bonchev–Trinajstić information content (AvgIpc) is 3.41.